The van der Waals surface area contributed by atoms with Gasteiger partial charge >= 0.3 is 0 Å². The molecule has 2 nitrogen and oxygen atoms in total. The molecule has 2 unspecified atom stereocenters. The first-order chi connectivity index (χ1) is 8.86. The van der Waals surface area contributed by atoms with Crippen LogP contribution < -0.4 is 0 Å². The molecule has 2 aliphatic rings. The fraction of sp³-hybridized carbons (Fsp3) is 1.00. The third kappa shape index (κ3) is 4.89. The maximum atomic E-state index is 10.3. The van der Waals surface area contributed by atoms with Crippen molar-refractivity contribution in [3.05, 3.63) is 0 Å². The van der Waals surface area contributed by atoms with Gasteiger partial charge in [-0.1, -0.05) is 51.4 Å². The summed E-state index contributed by atoms with van der Waals surface area (Å²) in [5.41, 5.74) is 0. The van der Waals surface area contributed by atoms with Crippen LogP contribution in [0.2, 0.25) is 0 Å². The molecule has 106 valence electrons. The molecule has 2 aliphatic carbocycles. The van der Waals surface area contributed by atoms with Gasteiger partial charge in [-0.2, -0.15) is 0 Å². The predicted octanol–water partition coefficient (Wildman–Crippen LogP) is 4.20. The van der Waals surface area contributed by atoms with Gasteiger partial charge in [-0.3, -0.25) is 0 Å². The third-order valence-corrected chi connectivity index (χ3v) is 4.59. The van der Waals surface area contributed by atoms with E-state index in [0.29, 0.717) is 6.10 Å². The van der Waals surface area contributed by atoms with Crippen molar-refractivity contribution in [2.45, 2.75) is 102 Å². The molecular formula is C16H30O2. The Bertz CT molecular complexity index is 213. The van der Waals surface area contributed by atoms with E-state index in [-0.39, 0.29) is 12.2 Å². The minimum absolute atomic E-state index is 0.120. The van der Waals surface area contributed by atoms with Gasteiger partial charge in [0.2, 0.25) is 0 Å². The van der Waals surface area contributed by atoms with Gasteiger partial charge in [0.15, 0.2) is 0 Å². The van der Waals surface area contributed by atoms with E-state index < -0.39 is 0 Å². The largest absolute Gasteiger partial charge is 0.390 e. The average molecular weight is 254 g/mol. The molecule has 0 spiro atoms. The molecule has 2 saturated carbocycles. The van der Waals surface area contributed by atoms with Crippen LogP contribution in [-0.4, -0.2) is 23.4 Å². The first-order valence-corrected chi connectivity index (χ1v) is 8.20. The number of aliphatic hydroxyl groups excluding tert-OH is 1. The van der Waals surface area contributed by atoms with Gasteiger partial charge < -0.3 is 9.84 Å². The first-order valence-electron chi connectivity index (χ1n) is 8.20. The highest BCUT2D eigenvalue weighted by Gasteiger charge is 2.26. The molecule has 18 heavy (non-hydrogen) atoms. The first kappa shape index (κ1) is 14.3. The normalized spacial score (nSPS) is 33.2. The Labute approximate surface area is 112 Å². The minimum atomic E-state index is -0.218. The van der Waals surface area contributed by atoms with E-state index in [1.807, 2.05) is 0 Å². The Hall–Kier alpha value is -0.0800. The minimum Gasteiger partial charge on any atom is -0.390 e. The molecular weight excluding hydrogens is 224 g/mol. The van der Waals surface area contributed by atoms with Crippen molar-refractivity contribution in [3.8, 4) is 0 Å². The van der Waals surface area contributed by atoms with Crippen molar-refractivity contribution >= 4 is 0 Å². The van der Waals surface area contributed by atoms with E-state index >= 15 is 0 Å². The van der Waals surface area contributed by atoms with Crippen molar-refractivity contribution in [2.75, 3.05) is 0 Å². The van der Waals surface area contributed by atoms with Crippen LogP contribution in [0.25, 0.3) is 0 Å². The summed E-state index contributed by atoms with van der Waals surface area (Å²) < 4.78 is 6.09. The van der Waals surface area contributed by atoms with Gasteiger partial charge in [-0.05, 0) is 32.1 Å². The van der Waals surface area contributed by atoms with Gasteiger partial charge in [0.05, 0.1) is 18.3 Å². The molecule has 2 rings (SSSR count). The monoisotopic (exact) mass is 254 g/mol. The lowest BCUT2D eigenvalue weighted by atomic mass is 9.94. The number of hydrogen-bond donors (Lipinski definition) is 1. The molecule has 0 amide bonds. The second-order valence-corrected chi connectivity index (χ2v) is 6.20. The summed E-state index contributed by atoms with van der Waals surface area (Å²) in [5, 5.41) is 10.3. The van der Waals surface area contributed by atoms with Crippen molar-refractivity contribution in [3.63, 3.8) is 0 Å². The molecule has 0 radical (unpaired) electrons. The Balaban J connectivity index is 1.77. The Morgan fingerprint density at radius 3 is 1.72 bits per heavy atom. The lowest BCUT2D eigenvalue weighted by Crippen LogP contribution is -2.35. The number of ether oxygens (including phenoxy) is 1. The summed E-state index contributed by atoms with van der Waals surface area (Å²) in [5.74, 6) is 0. The second-order valence-electron chi connectivity index (χ2n) is 6.20. The SMILES string of the molecule is OC1CCCCCCCCCCC1OC1CCC1. The molecule has 2 heteroatoms. The van der Waals surface area contributed by atoms with Crippen molar-refractivity contribution in [2.24, 2.45) is 0 Å². The zero-order valence-corrected chi connectivity index (χ0v) is 11.8. The van der Waals surface area contributed by atoms with E-state index in [1.165, 1.54) is 70.6 Å². The standard InChI is InChI=1S/C16H30O2/c17-15-12-7-5-3-1-2-4-6-8-13-16(15)18-14-10-9-11-14/h14-17H,1-13H2. The Kier molecular flexibility index (Phi) is 6.50. The molecule has 0 heterocycles. The summed E-state index contributed by atoms with van der Waals surface area (Å²) in [6.07, 6.45) is 16.6. The molecule has 1 N–H and O–H groups in total. The molecule has 0 aliphatic heterocycles. The van der Waals surface area contributed by atoms with Crippen molar-refractivity contribution in [1.82, 2.24) is 0 Å². The number of hydrogen-bond acceptors (Lipinski definition) is 2. The van der Waals surface area contributed by atoms with Crippen LogP contribution >= 0.6 is 0 Å². The molecule has 2 atom stereocenters. The highest BCUT2D eigenvalue weighted by Crippen LogP contribution is 2.27. The van der Waals surface area contributed by atoms with Gasteiger partial charge in [-0.25, -0.2) is 0 Å². The summed E-state index contributed by atoms with van der Waals surface area (Å²) in [4.78, 5) is 0. The Morgan fingerprint density at radius 2 is 1.17 bits per heavy atom. The third-order valence-electron chi connectivity index (χ3n) is 4.59. The van der Waals surface area contributed by atoms with E-state index in [1.54, 1.807) is 0 Å². The second kappa shape index (κ2) is 8.16. The topological polar surface area (TPSA) is 29.5 Å². The summed E-state index contributed by atoms with van der Waals surface area (Å²) in [6.45, 7) is 0. The molecule has 0 aromatic heterocycles. The van der Waals surface area contributed by atoms with Gasteiger partial charge in [0.1, 0.15) is 0 Å². The summed E-state index contributed by atoms with van der Waals surface area (Å²) in [7, 11) is 0. The lowest BCUT2D eigenvalue weighted by molar-refractivity contribution is -0.107. The zero-order chi connectivity index (χ0) is 12.6. The molecule has 0 aromatic carbocycles. The quantitative estimate of drug-likeness (QED) is 0.800. The Morgan fingerprint density at radius 1 is 0.611 bits per heavy atom. The van der Waals surface area contributed by atoms with Crippen LogP contribution in [0.5, 0.6) is 0 Å². The van der Waals surface area contributed by atoms with E-state index in [0.717, 1.165) is 12.8 Å². The van der Waals surface area contributed by atoms with Crippen molar-refractivity contribution < 1.29 is 9.84 Å². The van der Waals surface area contributed by atoms with Crippen LogP contribution in [0.4, 0.5) is 0 Å². The average Bonchev–Trinajstić information content (AvgIpc) is 2.30. The smallest absolute Gasteiger partial charge is 0.0837 e. The van der Waals surface area contributed by atoms with E-state index in [9.17, 15) is 5.11 Å². The fourth-order valence-electron chi connectivity index (χ4n) is 3.05. The number of rotatable bonds is 2. The molecule has 0 bridgehead atoms. The summed E-state index contributed by atoms with van der Waals surface area (Å²) >= 11 is 0. The zero-order valence-electron chi connectivity index (χ0n) is 11.8. The van der Waals surface area contributed by atoms with E-state index in [4.69, 9.17) is 4.74 Å². The lowest BCUT2D eigenvalue weighted by Gasteiger charge is -2.33. The fourth-order valence-corrected chi connectivity index (χ4v) is 3.05. The highest BCUT2D eigenvalue weighted by atomic mass is 16.5. The maximum absolute atomic E-state index is 10.3. The summed E-state index contributed by atoms with van der Waals surface area (Å²) in [6, 6.07) is 0. The molecule has 2 fully saturated rings. The van der Waals surface area contributed by atoms with E-state index in [2.05, 4.69) is 0 Å². The number of aliphatic hydroxyl groups is 1. The predicted molar refractivity (Wildman–Crippen MR) is 74.7 cm³/mol. The van der Waals surface area contributed by atoms with Crippen LogP contribution in [0.15, 0.2) is 0 Å². The van der Waals surface area contributed by atoms with Gasteiger partial charge in [-0.15, -0.1) is 0 Å². The molecule has 0 saturated heterocycles. The van der Waals surface area contributed by atoms with Crippen LogP contribution in [0.1, 0.15) is 83.5 Å². The highest BCUT2D eigenvalue weighted by molar-refractivity contribution is 4.76. The van der Waals surface area contributed by atoms with Crippen LogP contribution in [0, 0.1) is 0 Å². The van der Waals surface area contributed by atoms with Gasteiger partial charge in [0, 0.05) is 0 Å². The van der Waals surface area contributed by atoms with Gasteiger partial charge in [0.25, 0.3) is 0 Å². The van der Waals surface area contributed by atoms with Crippen molar-refractivity contribution in [1.29, 1.82) is 0 Å². The van der Waals surface area contributed by atoms with Crippen LogP contribution in [-0.2, 0) is 4.74 Å². The maximum Gasteiger partial charge on any atom is 0.0837 e. The van der Waals surface area contributed by atoms with Crippen LogP contribution in [0.3, 0.4) is 0 Å². The molecule has 0 aromatic rings.